The monoisotopic (exact) mass is 519 g/mol. The number of thiazole rings is 1. The van der Waals surface area contributed by atoms with Gasteiger partial charge in [0.1, 0.15) is 28.2 Å². The number of hydrogen-bond acceptors (Lipinski definition) is 9. The van der Waals surface area contributed by atoms with Gasteiger partial charge in [-0.3, -0.25) is 0 Å². The van der Waals surface area contributed by atoms with E-state index in [-0.39, 0.29) is 17.9 Å². The summed E-state index contributed by atoms with van der Waals surface area (Å²) in [7, 11) is 0. The minimum atomic E-state index is -0.519. The number of anilines is 2. The highest BCUT2D eigenvalue weighted by atomic mass is 32.1. The number of likely N-dealkylation sites (tertiary alicyclic amines) is 1. The van der Waals surface area contributed by atoms with E-state index in [0.717, 1.165) is 21.5 Å². The summed E-state index contributed by atoms with van der Waals surface area (Å²) in [5.74, 6) is 1.27. The molecule has 192 valence electrons. The van der Waals surface area contributed by atoms with Crippen LogP contribution in [0.3, 0.4) is 0 Å². The molecule has 1 amide bonds. The Morgan fingerprint density at radius 3 is 2.68 bits per heavy atom. The summed E-state index contributed by atoms with van der Waals surface area (Å²) in [5.41, 5.74) is 1.77. The highest BCUT2D eigenvalue weighted by Crippen LogP contribution is 2.36. The maximum atomic E-state index is 12.4. The summed E-state index contributed by atoms with van der Waals surface area (Å²) < 4.78 is 12.0. The lowest BCUT2D eigenvalue weighted by molar-refractivity contribution is 0.0127. The molecule has 1 saturated heterocycles. The van der Waals surface area contributed by atoms with E-state index >= 15 is 0 Å². The molecule has 0 atom stereocenters. The van der Waals surface area contributed by atoms with Crippen molar-refractivity contribution >= 4 is 40.0 Å². The number of carbonyl (C=O) groups is 1. The predicted molar refractivity (Wildman–Crippen MR) is 143 cm³/mol. The fourth-order valence-electron chi connectivity index (χ4n) is 4.12. The second-order valence-electron chi connectivity index (χ2n) is 9.90. The Morgan fingerprint density at radius 2 is 1.97 bits per heavy atom. The Labute approximate surface area is 219 Å². The Bertz CT molecular complexity index is 1400. The van der Waals surface area contributed by atoms with Gasteiger partial charge in [0, 0.05) is 66.9 Å². The van der Waals surface area contributed by atoms with E-state index in [2.05, 4.69) is 20.3 Å². The molecule has 37 heavy (non-hydrogen) atoms. The number of hydrogen-bond donors (Lipinski definition) is 2. The Kier molecular flexibility index (Phi) is 6.84. The molecule has 1 aliphatic heterocycles. The molecule has 10 heteroatoms. The van der Waals surface area contributed by atoms with Crippen LogP contribution < -0.4 is 10.1 Å². The van der Waals surface area contributed by atoms with Crippen LogP contribution in [0.1, 0.15) is 33.6 Å². The van der Waals surface area contributed by atoms with Crippen LogP contribution in [-0.2, 0) is 4.74 Å². The van der Waals surface area contributed by atoms with Crippen LogP contribution in [0.4, 0.5) is 16.4 Å². The highest BCUT2D eigenvalue weighted by Gasteiger charge is 2.28. The highest BCUT2D eigenvalue weighted by molar-refractivity contribution is 7.13. The molecule has 0 aliphatic carbocycles. The first-order valence-electron chi connectivity index (χ1n) is 12.1. The number of aromatic hydroxyl groups is 1. The molecule has 2 aromatic carbocycles. The molecule has 0 radical (unpaired) electrons. The topological polar surface area (TPSA) is 110 Å². The SMILES string of the molecule is CC(C)(C)OC(=O)N1CCC(Oc2cc3nc(Nc4cccc(O)c4)ncc3cc2-c2nccs2)CC1. The van der Waals surface area contributed by atoms with Gasteiger partial charge in [0.05, 0.1) is 11.1 Å². The van der Waals surface area contributed by atoms with Gasteiger partial charge in [-0.05, 0) is 39.0 Å². The average molecular weight is 520 g/mol. The van der Waals surface area contributed by atoms with Gasteiger partial charge in [-0.2, -0.15) is 0 Å². The molecule has 5 rings (SSSR count). The van der Waals surface area contributed by atoms with Crippen molar-refractivity contribution < 1.29 is 19.4 Å². The zero-order chi connectivity index (χ0) is 26.0. The third-order valence-electron chi connectivity index (χ3n) is 5.83. The minimum Gasteiger partial charge on any atom is -0.508 e. The van der Waals surface area contributed by atoms with E-state index in [1.54, 1.807) is 35.5 Å². The van der Waals surface area contributed by atoms with Gasteiger partial charge >= 0.3 is 6.09 Å². The van der Waals surface area contributed by atoms with Crippen LogP contribution in [0.25, 0.3) is 21.5 Å². The maximum Gasteiger partial charge on any atom is 0.410 e. The molecule has 0 saturated carbocycles. The van der Waals surface area contributed by atoms with E-state index in [4.69, 9.17) is 9.47 Å². The van der Waals surface area contributed by atoms with Crippen LogP contribution in [0.2, 0.25) is 0 Å². The van der Waals surface area contributed by atoms with Gasteiger partial charge in [0.2, 0.25) is 5.95 Å². The molecule has 1 fully saturated rings. The van der Waals surface area contributed by atoms with E-state index in [9.17, 15) is 9.90 Å². The van der Waals surface area contributed by atoms with E-state index in [1.165, 1.54) is 11.3 Å². The quantitative estimate of drug-likeness (QED) is 0.331. The number of nitrogens with one attached hydrogen (secondary N) is 1. The largest absolute Gasteiger partial charge is 0.508 e. The normalized spacial score (nSPS) is 14.5. The smallest absolute Gasteiger partial charge is 0.410 e. The summed E-state index contributed by atoms with van der Waals surface area (Å²) in [6.07, 6.45) is 4.58. The fourth-order valence-corrected chi connectivity index (χ4v) is 4.77. The molecule has 3 heterocycles. The van der Waals surface area contributed by atoms with Crippen molar-refractivity contribution in [2.24, 2.45) is 0 Å². The predicted octanol–water partition coefficient (Wildman–Crippen LogP) is 5.98. The summed E-state index contributed by atoms with van der Waals surface area (Å²) in [6.45, 7) is 6.75. The van der Waals surface area contributed by atoms with Crippen molar-refractivity contribution in [2.45, 2.75) is 45.3 Å². The summed E-state index contributed by atoms with van der Waals surface area (Å²) in [4.78, 5) is 27.8. The van der Waals surface area contributed by atoms with Crippen molar-refractivity contribution in [2.75, 3.05) is 18.4 Å². The van der Waals surface area contributed by atoms with E-state index in [1.807, 2.05) is 44.4 Å². The van der Waals surface area contributed by atoms with E-state index in [0.29, 0.717) is 43.3 Å². The van der Waals surface area contributed by atoms with Crippen molar-refractivity contribution in [3.63, 3.8) is 0 Å². The second-order valence-corrected chi connectivity index (χ2v) is 10.8. The van der Waals surface area contributed by atoms with Crippen LogP contribution in [0.15, 0.2) is 54.2 Å². The number of ether oxygens (including phenoxy) is 2. The average Bonchev–Trinajstić information content (AvgIpc) is 3.38. The number of amides is 1. The van der Waals surface area contributed by atoms with Gasteiger partial charge in [-0.25, -0.2) is 19.7 Å². The third kappa shape index (κ3) is 6.08. The van der Waals surface area contributed by atoms with Gasteiger partial charge in [-0.1, -0.05) is 6.07 Å². The molecule has 2 aromatic heterocycles. The molecule has 0 spiro atoms. The molecule has 9 nitrogen and oxygen atoms in total. The van der Waals surface area contributed by atoms with Crippen LogP contribution >= 0.6 is 11.3 Å². The van der Waals surface area contributed by atoms with Crippen LogP contribution in [0, 0.1) is 0 Å². The lowest BCUT2D eigenvalue weighted by atomic mass is 10.1. The summed E-state index contributed by atoms with van der Waals surface area (Å²) in [5, 5.41) is 16.5. The van der Waals surface area contributed by atoms with Gasteiger partial charge in [-0.15, -0.1) is 11.3 Å². The standard InChI is InChI=1S/C27H29N5O4S/c1-27(2,3)36-26(34)32-10-7-20(8-11-32)35-23-15-22-17(13-21(23)24-28-9-12-37-24)16-29-25(31-22)30-18-5-4-6-19(33)14-18/h4-6,9,12-16,20,33H,7-8,10-11H2,1-3H3,(H,29,30,31). The number of nitrogens with zero attached hydrogens (tertiary/aromatic N) is 4. The number of fused-ring (bicyclic) bond motifs is 1. The number of phenols is 1. The molecule has 4 aromatic rings. The number of phenolic OH excluding ortho intramolecular Hbond substituents is 1. The minimum absolute atomic E-state index is 0.0541. The lowest BCUT2D eigenvalue weighted by Crippen LogP contribution is -2.44. The Balaban J connectivity index is 1.37. The van der Waals surface area contributed by atoms with Gasteiger partial charge < -0.3 is 24.8 Å². The van der Waals surface area contributed by atoms with Crippen LogP contribution in [0.5, 0.6) is 11.5 Å². The first-order valence-corrected chi connectivity index (χ1v) is 13.0. The number of aromatic nitrogens is 3. The number of piperidine rings is 1. The first-order chi connectivity index (χ1) is 17.7. The van der Waals surface area contributed by atoms with Crippen molar-refractivity contribution in [3.8, 4) is 22.1 Å². The summed E-state index contributed by atoms with van der Waals surface area (Å²) in [6, 6.07) is 10.7. The third-order valence-corrected chi connectivity index (χ3v) is 6.64. The molecule has 0 bridgehead atoms. The zero-order valence-electron chi connectivity index (χ0n) is 21.0. The van der Waals surface area contributed by atoms with Crippen molar-refractivity contribution in [1.82, 2.24) is 19.9 Å². The number of rotatable bonds is 5. The Hall–Kier alpha value is -3.92. The molecule has 2 N–H and O–H groups in total. The van der Waals surface area contributed by atoms with Crippen LogP contribution in [-0.4, -0.2) is 55.8 Å². The molecular weight excluding hydrogens is 490 g/mol. The van der Waals surface area contributed by atoms with Crippen molar-refractivity contribution in [3.05, 3.63) is 54.2 Å². The zero-order valence-corrected chi connectivity index (χ0v) is 21.8. The Morgan fingerprint density at radius 1 is 1.16 bits per heavy atom. The summed E-state index contributed by atoms with van der Waals surface area (Å²) >= 11 is 1.54. The second kappa shape index (κ2) is 10.2. The maximum absolute atomic E-state index is 12.4. The first kappa shape index (κ1) is 24.8. The number of carbonyl (C=O) groups excluding carboxylic acids is 1. The molecule has 0 unspecified atom stereocenters. The lowest BCUT2D eigenvalue weighted by Gasteiger charge is -2.33. The van der Waals surface area contributed by atoms with Gasteiger partial charge in [0.25, 0.3) is 0 Å². The number of benzene rings is 2. The molecular formula is C27H29N5O4S. The van der Waals surface area contributed by atoms with Gasteiger partial charge in [0.15, 0.2) is 0 Å². The molecule has 1 aliphatic rings. The van der Waals surface area contributed by atoms with E-state index < -0.39 is 5.60 Å². The fraction of sp³-hybridized carbons (Fsp3) is 0.333. The van der Waals surface area contributed by atoms with Crippen molar-refractivity contribution in [1.29, 1.82) is 0 Å².